The SMILES string of the molecule is C[C@@H]1Cc2c([nH]c3cccc(F)c23)[C@@H](c2c(F)cc(NC3CN(CCCF)C3)cc2F)N1C[C@](C)(F)CO. The highest BCUT2D eigenvalue weighted by molar-refractivity contribution is 5.86. The number of nitrogens with one attached hydrogen (secondary N) is 2. The third kappa shape index (κ3) is 5.01. The van der Waals surface area contributed by atoms with Gasteiger partial charge in [0.2, 0.25) is 0 Å². The van der Waals surface area contributed by atoms with E-state index in [0.29, 0.717) is 54.6 Å². The number of fused-ring (bicyclic) bond motifs is 3. The number of aliphatic hydroxyl groups is 1. The van der Waals surface area contributed by atoms with Gasteiger partial charge in [0, 0.05) is 60.1 Å². The van der Waals surface area contributed by atoms with Gasteiger partial charge in [0.25, 0.3) is 0 Å². The van der Waals surface area contributed by atoms with Crippen LogP contribution in [0.2, 0.25) is 0 Å². The Balaban J connectivity index is 1.52. The van der Waals surface area contributed by atoms with Crippen molar-refractivity contribution in [2.75, 3.05) is 44.8 Å². The van der Waals surface area contributed by atoms with Gasteiger partial charge in [-0.15, -0.1) is 0 Å². The predicted octanol–water partition coefficient (Wildman–Crippen LogP) is 5.10. The topological polar surface area (TPSA) is 54.5 Å². The summed E-state index contributed by atoms with van der Waals surface area (Å²) in [5, 5.41) is 13.1. The molecule has 3 aromatic rings. The first-order valence-electron chi connectivity index (χ1n) is 13.0. The molecule has 0 spiro atoms. The summed E-state index contributed by atoms with van der Waals surface area (Å²) in [5.74, 6) is -2.05. The monoisotopic (exact) mass is 536 g/mol. The van der Waals surface area contributed by atoms with E-state index in [-0.39, 0.29) is 30.5 Å². The molecule has 0 bridgehead atoms. The van der Waals surface area contributed by atoms with Crippen molar-refractivity contribution in [3.05, 3.63) is 64.6 Å². The summed E-state index contributed by atoms with van der Waals surface area (Å²) in [5.41, 5.74) is -0.475. The van der Waals surface area contributed by atoms with Crippen LogP contribution in [0.1, 0.15) is 43.1 Å². The molecule has 2 aromatic carbocycles. The molecule has 2 aliphatic rings. The molecular weight excluding hydrogens is 503 g/mol. The minimum atomic E-state index is -2.02. The van der Waals surface area contributed by atoms with Crippen molar-refractivity contribution in [2.24, 2.45) is 0 Å². The van der Waals surface area contributed by atoms with Crippen LogP contribution in [0.5, 0.6) is 0 Å². The van der Waals surface area contributed by atoms with E-state index in [4.69, 9.17) is 0 Å². The molecule has 1 fully saturated rings. The lowest BCUT2D eigenvalue weighted by Crippen LogP contribution is -2.54. The zero-order valence-corrected chi connectivity index (χ0v) is 21.5. The lowest BCUT2D eigenvalue weighted by molar-refractivity contribution is 0.0162. The molecule has 206 valence electrons. The summed E-state index contributed by atoms with van der Waals surface area (Å²) < 4.78 is 73.9. The van der Waals surface area contributed by atoms with Gasteiger partial charge in [-0.3, -0.25) is 14.2 Å². The molecule has 1 saturated heterocycles. The van der Waals surface area contributed by atoms with Crippen molar-refractivity contribution in [3.8, 4) is 0 Å². The number of hydrogen-bond donors (Lipinski definition) is 3. The fourth-order valence-corrected chi connectivity index (χ4v) is 5.85. The van der Waals surface area contributed by atoms with E-state index in [1.54, 1.807) is 24.0 Å². The summed E-state index contributed by atoms with van der Waals surface area (Å²) in [6.45, 7) is 3.58. The van der Waals surface area contributed by atoms with E-state index in [9.17, 15) is 13.9 Å². The number of aromatic nitrogens is 1. The number of alkyl halides is 2. The highest BCUT2D eigenvalue weighted by Crippen LogP contribution is 2.44. The molecule has 3 heterocycles. The van der Waals surface area contributed by atoms with E-state index in [2.05, 4.69) is 15.2 Å². The summed E-state index contributed by atoms with van der Waals surface area (Å²) in [7, 11) is 0. The van der Waals surface area contributed by atoms with E-state index in [1.165, 1.54) is 25.1 Å². The van der Waals surface area contributed by atoms with E-state index >= 15 is 13.2 Å². The lowest BCUT2D eigenvalue weighted by atomic mass is 9.87. The highest BCUT2D eigenvalue weighted by Gasteiger charge is 2.42. The lowest BCUT2D eigenvalue weighted by Gasteiger charge is -2.43. The van der Waals surface area contributed by atoms with Gasteiger partial charge in [-0.2, -0.15) is 0 Å². The quantitative estimate of drug-likeness (QED) is 0.333. The molecule has 10 heteroatoms. The van der Waals surface area contributed by atoms with Crippen molar-refractivity contribution in [1.29, 1.82) is 0 Å². The summed E-state index contributed by atoms with van der Waals surface area (Å²) >= 11 is 0. The Morgan fingerprint density at radius 3 is 2.50 bits per heavy atom. The number of aliphatic hydroxyl groups excluding tert-OH is 1. The number of benzene rings is 2. The minimum Gasteiger partial charge on any atom is -0.393 e. The Bertz CT molecular complexity index is 1280. The van der Waals surface area contributed by atoms with Crippen molar-refractivity contribution >= 4 is 16.6 Å². The molecular formula is C28H33F5N4O. The number of hydrogen-bond acceptors (Lipinski definition) is 4. The Morgan fingerprint density at radius 2 is 1.84 bits per heavy atom. The van der Waals surface area contributed by atoms with E-state index in [1.807, 2.05) is 0 Å². The average Bonchev–Trinajstić information content (AvgIpc) is 3.21. The van der Waals surface area contributed by atoms with Gasteiger partial charge < -0.3 is 15.4 Å². The van der Waals surface area contributed by atoms with Crippen LogP contribution in [0.3, 0.4) is 0 Å². The molecule has 0 aliphatic carbocycles. The van der Waals surface area contributed by atoms with Crippen LogP contribution in [0.4, 0.5) is 27.6 Å². The molecule has 38 heavy (non-hydrogen) atoms. The Kier molecular flexibility index (Phi) is 7.41. The normalized spacial score (nSPS) is 22.3. The number of aromatic amines is 1. The van der Waals surface area contributed by atoms with Gasteiger partial charge in [-0.1, -0.05) is 6.07 Å². The van der Waals surface area contributed by atoms with Crippen LogP contribution in [0.15, 0.2) is 30.3 Å². The van der Waals surface area contributed by atoms with Gasteiger partial charge in [0.1, 0.15) is 23.1 Å². The van der Waals surface area contributed by atoms with Crippen LogP contribution in [-0.4, -0.2) is 77.1 Å². The summed E-state index contributed by atoms with van der Waals surface area (Å²) in [6, 6.07) is 5.59. The van der Waals surface area contributed by atoms with Gasteiger partial charge in [0.05, 0.1) is 25.4 Å². The fraction of sp³-hybridized carbons (Fsp3) is 0.500. The maximum Gasteiger partial charge on any atom is 0.143 e. The number of nitrogens with zero attached hydrogens (tertiary/aromatic N) is 2. The van der Waals surface area contributed by atoms with Crippen LogP contribution >= 0.6 is 0 Å². The van der Waals surface area contributed by atoms with Crippen molar-refractivity contribution < 1.29 is 27.1 Å². The molecule has 3 atom stereocenters. The van der Waals surface area contributed by atoms with Crippen molar-refractivity contribution in [3.63, 3.8) is 0 Å². The van der Waals surface area contributed by atoms with E-state index in [0.717, 1.165) is 0 Å². The number of likely N-dealkylation sites (tertiary alicyclic amines) is 1. The van der Waals surface area contributed by atoms with Gasteiger partial charge in [-0.05, 0) is 56.5 Å². The van der Waals surface area contributed by atoms with Gasteiger partial charge in [0.15, 0.2) is 0 Å². The molecule has 0 radical (unpaired) electrons. The molecule has 0 unspecified atom stereocenters. The summed E-state index contributed by atoms with van der Waals surface area (Å²) in [6.07, 6.45) is 0.798. The van der Waals surface area contributed by atoms with Gasteiger partial charge >= 0.3 is 0 Å². The second kappa shape index (κ2) is 10.5. The maximum absolute atomic E-state index is 15.8. The van der Waals surface area contributed by atoms with Crippen molar-refractivity contribution in [2.45, 2.75) is 50.5 Å². The number of rotatable bonds is 9. The fourth-order valence-electron chi connectivity index (χ4n) is 5.85. The molecule has 5 rings (SSSR count). The number of H-pyrrole nitrogens is 1. The predicted molar refractivity (Wildman–Crippen MR) is 137 cm³/mol. The highest BCUT2D eigenvalue weighted by atomic mass is 19.2. The third-order valence-corrected chi connectivity index (χ3v) is 7.71. The standard InChI is InChI=1S/C28H33F5N4O/c1-16-9-19-24-20(30)5-3-6-23(24)35-26(19)27(37(16)14-28(2,33)15-38)25-21(31)10-17(11-22(25)32)34-18-12-36(13-18)8-4-7-29/h3,5-6,10-11,16,18,27,34-35,38H,4,7-9,12-15H2,1-2H3/t16-,27-,28+/m1/s1. The zero-order chi connectivity index (χ0) is 27.2. The van der Waals surface area contributed by atoms with Crippen LogP contribution in [-0.2, 0) is 6.42 Å². The van der Waals surface area contributed by atoms with Crippen LogP contribution < -0.4 is 5.32 Å². The van der Waals surface area contributed by atoms with Crippen molar-refractivity contribution in [1.82, 2.24) is 14.8 Å². The maximum atomic E-state index is 15.8. The molecule has 2 aliphatic heterocycles. The first kappa shape index (κ1) is 26.9. The zero-order valence-electron chi connectivity index (χ0n) is 21.5. The van der Waals surface area contributed by atoms with Crippen LogP contribution in [0, 0.1) is 17.5 Å². The first-order valence-corrected chi connectivity index (χ1v) is 13.0. The molecule has 1 aromatic heterocycles. The van der Waals surface area contributed by atoms with E-state index < -0.39 is 41.8 Å². The molecule has 0 saturated carbocycles. The largest absolute Gasteiger partial charge is 0.393 e. The molecule has 0 amide bonds. The summed E-state index contributed by atoms with van der Waals surface area (Å²) in [4.78, 5) is 6.85. The average molecular weight is 537 g/mol. The second-order valence-electron chi connectivity index (χ2n) is 10.9. The van der Waals surface area contributed by atoms with Crippen LogP contribution in [0.25, 0.3) is 10.9 Å². The second-order valence-corrected chi connectivity index (χ2v) is 10.9. The smallest absolute Gasteiger partial charge is 0.143 e. The number of anilines is 1. The Morgan fingerprint density at radius 1 is 1.13 bits per heavy atom. The number of halogens is 5. The minimum absolute atomic E-state index is 0.00875. The Hall–Kier alpha value is -2.69. The molecule has 3 N–H and O–H groups in total. The van der Waals surface area contributed by atoms with Gasteiger partial charge in [-0.25, -0.2) is 17.6 Å². The first-order chi connectivity index (χ1) is 18.1. The third-order valence-electron chi connectivity index (χ3n) is 7.71. The Labute approximate surface area is 218 Å². The molecule has 5 nitrogen and oxygen atoms in total.